The monoisotopic (exact) mass is 252 g/mol. The zero-order valence-corrected chi connectivity index (χ0v) is 10.7. The SMILES string of the molecule is CC(C)(C)OC(=O)n1ccc2ccc(Cl)nc21. The maximum atomic E-state index is 11.9. The fourth-order valence-corrected chi connectivity index (χ4v) is 1.59. The molecule has 0 unspecified atom stereocenters. The first-order chi connectivity index (χ1) is 7.87. The van der Waals surface area contributed by atoms with E-state index in [1.54, 1.807) is 18.3 Å². The number of carbonyl (C=O) groups is 1. The molecule has 4 nitrogen and oxygen atoms in total. The molecule has 2 rings (SSSR count). The molecule has 2 aromatic heterocycles. The van der Waals surface area contributed by atoms with Gasteiger partial charge in [-0.1, -0.05) is 11.6 Å². The van der Waals surface area contributed by atoms with Crippen LogP contribution in [0.3, 0.4) is 0 Å². The number of carbonyl (C=O) groups excluding carboxylic acids is 1. The summed E-state index contributed by atoms with van der Waals surface area (Å²) in [6.45, 7) is 5.45. The molecule has 2 heterocycles. The van der Waals surface area contributed by atoms with Crippen molar-refractivity contribution in [1.29, 1.82) is 0 Å². The van der Waals surface area contributed by atoms with Crippen LogP contribution in [0.5, 0.6) is 0 Å². The first kappa shape index (κ1) is 11.9. The molecule has 0 saturated carbocycles. The van der Waals surface area contributed by atoms with E-state index in [-0.39, 0.29) is 0 Å². The van der Waals surface area contributed by atoms with E-state index in [9.17, 15) is 4.79 Å². The van der Waals surface area contributed by atoms with E-state index >= 15 is 0 Å². The maximum absolute atomic E-state index is 11.9. The first-order valence-corrected chi connectivity index (χ1v) is 5.61. The van der Waals surface area contributed by atoms with Gasteiger partial charge in [0.15, 0.2) is 5.65 Å². The van der Waals surface area contributed by atoms with Crippen LogP contribution < -0.4 is 0 Å². The van der Waals surface area contributed by atoms with Crippen molar-refractivity contribution in [2.24, 2.45) is 0 Å². The van der Waals surface area contributed by atoms with Crippen molar-refractivity contribution in [3.8, 4) is 0 Å². The Kier molecular flexibility index (Phi) is 2.83. The van der Waals surface area contributed by atoms with Gasteiger partial charge in [-0.25, -0.2) is 14.3 Å². The number of ether oxygens (including phenoxy) is 1. The molecule has 0 aliphatic carbocycles. The van der Waals surface area contributed by atoms with Gasteiger partial charge in [0.05, 0.1) is 0 Å². The number of halogens is 1. The molecule has 17 heavy (non-hydrogen) atoms. The second kappa shape index (κ2) is 4.04. The first-order valence-electron chi connectivity index (χ1n) is 5.24. The van der Waals surface area contributed by atoms with Crippen molar-refractivity contribution in [1.82, 2.24) is 9.55 Å². The summed E-state index contributed by atoms with van der Waals surface area (Å²) in [4.78, 5) is 16.0. The molecule has 0 saturated heterocycles. The Hall–Kier alpha value is -1.55. The van der Waals surface area contributed by atoms with Gasteiger partial charge in [-0.15, -0.1) is 0 Å². The minimum atomic E-state index is -0.535. The zero-order valence-electron chi connectivity index (χ0n) is 9.90. The highest BCUT2D eigenvalue weighted by molar-refractivity contribution is 6.29. The molecule has 90 valence electrons. The molecule has 0 radical (unpaired) electrons. The third-order valence-corrected chi connectivity index (χ3v) is 2.30. The van der Waals surface area contributed by atoms with Crippen molar-refractivity contribution in [2.75, 3.05) is 0 Å². The van der Waals surface area contributed by atoms with Gasteiger partial charge in [0.1, 0.15) is 10.8 Å². The van der Waals surface area contributed by atoms with E-state index < -0.39 is 11.7 Å². The number of aromatic nitrogens is 2. The fourth-order valence-electron chi connectivity index (χ4n) is 1.44. The molecule has 0 aliphatic heterocycles. The smallest absolute Gasteiger partial charge is 0.420 e. The van der Waals surface area contributed by atoms with Crippen LogP contribution in [0.4, 0.5) is 4.79 Å². The zero-order chi connectivity index (χ0) is 12.6. The normalized spacial score (nSPS) is 11.8. The van der Waals surface area contributed by atoms with Crippen LogP contribution in [0.15, 0.2) is 24.4 Å². The van der Waals surface area contributed by atoms with E-state index in [2.05, 4.69) is 4.98 Å². The van der Waals surface area contributed by atoms with Gasteiger partial charge < -0.3 is 4.74 Å². The molecular weight excluding hydrogens is 240 g/mol. The second-order valence-electron chi connectivity index (χ2n) is 4.71. The van der Waals surface area contributed by atoms with Crippen LogP contribution in [0.1, 0.15) is 20.8 Å². The molecule has 0 amide bonds. The molecule has 0 fully saturated rings. The Morgan fingerprint density at radius 2 is 2.06 bits per heavy atom. The molecule has 0 aromatic carbocycles. The van der Waals surface area contributed by atoms with Crippen molar-refractivity contribution in [3.05, 3.63) is 29.5 Å². The molecule has 0 atom stereocenters. The van der Waals surface area contributed by atoms with Crippen LogP contribution in [0, 0.1) is 0 Å². The highest BCUT2D eigenvalue weighted by Gasteiger charge is 2.19. The number of nitrogens with zero attached hydrogens (tertiary/aromatic N) is 2. The van der Waals surface area contributed by atoms with Gasteiger partial charge in [0.2, 0.25) is 0 Å². The third kappa shape index (κ3) is 2.58. The number of hydrogen-bond acceptors (Lipinski definition) is 3. The van der Waals surface area contributed by atoms with E-state index in [4.69, 9.17) is 16.3 Å². The van der Waals surface area contributed by atoms with Crippen LogP contribution in [-0.2, 0) is 4.74 Å². The molecule has 5 heteroatoms. The van der Waals surface area contributed by atoms with Crippen molar-refractivity contribution in [2.45, 2.75) is 26.4 Å². The molecule has 0 aliphatic rings. The van der Waals surface area contributed by atoms with E-state index in [0.717, 1.165) is 5.39 Å². The summed E-state index contributed by atoms with van der Waals surface area (Å²) >= 11 is 5.81. The molecule has 0 bridgehead atoms. The highest BCUT2D eigenvalue weighted by Crippen LogP contribution is 2.18. The molecule has 0 spiro atoms. The Morgan fingerprint density at radius 1 is 1.35 bits per heavy atom. The van der Waals surface area contributed by atoms with Crippen LogP contribution in [0.2, 0.25) is 5.15 Å². The number of fused-ring (bicyclic) bond motifs is 1. The summed E-state index contributed by atoms with van der Waals surface area (Å²) in [7, 11) is 0. The Bertz CT molecular complexity index is 569. The van der Waals surface area contributed by atoms with Gasteiger partial charge in [-0.2, -0.15) is 0 Å². The summed E-state index contributed by atoms with van der Waals surface area (Å²) in [5.74, 6) is 0. The van der Waals surface area contributed by atoms with Gasteiger partial charge >= 0.3 is 6.09 Å². The maximum Gasteiger partial charge on any atom is 0.420 e. The van der Waals surface area contributed by atoms with Gasteiger partial charge in [0.25, 0.3) is 0 Å². The third-order valence-electron chi connectivity index (χ3n) is 2.09. The summed E-state index contributed by atoms with van der Waals surface area (Å²) in [6, 6.07) is 5.29. The standard InChI is InChI=1S/C12H13ClN2O2/c1-12(2,3)17-11(16)15-7-6-8-4-5-9(13)14-10(8)15/h4-7H,1-3H3. The van der Waals surface area contributed by atoms with Crippen molar-refractivity contribution in [3.63, 3.8) is 0 Å². The lowest BCUT2D eigenvalue weighted by atomic mass is 10.2. The minimum Gasteiger partial charge on any atom is -0.443 e. The van der Waals surface area contributed by atoms with Gasteiger partial charge in [-0.05, 0) is 39.0 Å². The lowest BCUT2D eigenvalue weighted by Crippen LogP contribution is -2.26. The van der Waals surface area contributed by atoms with Gasteiger partial charge in [-0.3, -0.25) is 0 Å². The minimum absolute atomic E-state index is 0.348. The van der Waals surface area contributed by atoms with Crippen LogP contribution >= 0.6 is 11.6 Å². The summed E-state index contributed by atoms with van der Waals surface area (Å²) in [6.07, 6.45) is 1.17. The summed E-state index contributed by atoms with van der Waals surface area (Å²) < 4.78 is 6.62. The summed E-state index contributed by atoms with van der Waals surface area (Å²) in [5.41, 5.74) is -0.0292. The number of pyridine rings is 1. The van der Waals surface area contributed by atoms with Crippen LogP contribution in [0.25, 0.3) is 11.0 Å². The number of hydrogen-bond donors (Lipinski definition) is 0. The predicted octanol–water partition coefficient (Wildman–Crippen LogP) is 3.47. The van der Waals surface area contributed by atoms with Crippen LogP contribution in [-0.4, -0.2) is 21.2 Å². The Balaban J connectivity index is 2.42. The Morgan fingerprint density at radius 3 is 2.71 bits per heavy atom. The summed E-state index contributed by atoms with van der Waals surface area (Å²) in [5, 5.41) is 1.20. The Labute approximate surface area is 104 Å². The average Bonchev–Trinajstić information content (AvgIpc) is 2.57. The lowest BCUT2D eigenvalue weighted by Gasteiger charge is -2.19. The van der Waals surface area contributed by atoms with E-state index in [1.165, 1.54) is 4.57 Å². The largest absolute Gasteiger partial charge is 0.443 e. The van der Waals surface area contributed by atoms with Gasteiger partial charge in [0, 0.05) is 11.6 Å². The van der Waals surface area contributed by atoms with Crippen molar-refractivity contribution >= 4 is 28.7 Å². The fraction of sp³-hybridized carbons (Fsp3) is 0.333. The van der Waals surface area contributed by atoms with E-state index in [0.29, 0.717) is 10.8 Å². The number of rotatable bonds is 0. The molecule has 0 N–H and O–H groups in total. The van der Waals surface area contributed by atoms with Crippen molar-refractivity contribution < 1.29 is 9.53 Å². The lowest BCUT2D eigenvalue weighted by molar-refractivity contribution is 0.0543. The topological polar surface area (TPSA) is 44.1 Å². The quantitative estimate of drug-likeness (QED) is 0.675. The predicted molar refractivity (Wildman–Crippen MR) is 66.4 cm³/mol. The average molecular weight is 253 g/mol. The molecular formula is C12H13ClN2O2. The van der Waals surface area contributed by atoms with E-state index in [1.807, 2.05) is 26.8 Å². The second-order valence-corrected chi connectivity index (χ2v) is 5.10. The molecule has 2 aromatic rings. The highest BCUT2D eigenvalue weighted by atomic mass is 35.5.